The number of allylic oxidation sites excluding steroid dienone is 1. The molecule has 37 heavy (non-hydrogen) atoms. The number of hydrogen-bond acceptors (Lipinski definition) is 8. The van der Waals surface area contributed by atoms with Crippen LogP contribution < -0.4 is 0 Å². The highest BCUT2D eigenvalue weighted by Crippen LogP contribution is 2.50. The molecule has 6 nitrogen and oxygen atoms in total. The Morgan fingerprint density at radius 3 is 1.97 bits per heavy atom. The molecule has 4 aromatic heterocycles. The summed E-state index contributed by atoms with van der Waals surface area (Å²) in [6.07, 6.45) is 9.09. The number of benzene rings is 2. The number of terminal acetylenes is 1. The van der Waals surface area contributed by atoms with Gasteiger partial charge in [-0.3, -0.25) is 20.2 Å². The molecule has 10 heteroatoms. The summed E-state index contributed by atoms with van der Waals surface area (Å²) in [4.78, 5) is 26.6. The second-order valence-corrected chi connectivity index (χ2v) is 12.3. The van der Waals surface area contributed by atoms with E-state index in [1.54, 1.807) is 25.1 Å². The first-order valence-corrected chi connectivity index (χ1v) is 14.2. The molecule has 180 valence electrons. The van der Waals surface area contributed by atoms with Crippen molar-refractivity contribution in [1.29, 1.82) is 0 Å². The molecule has 4 heterocycles. The number of hydrogen-bond donors (Lipinski definition) is 0. The molecule has 0 N–H and O–H groups in total. The molecule has 0 atom stereocenters. The Morgan fingerprint density at radius 2 is 1.41 bits per heavy atom. The highest BCUT2D eigenvalue weighted by molar-refractivity contribution is 7.29. The topological polar surface area (TPSA) is 86.3 Å². The van der Waals surface area contributed by atoms with E-state index in [1.807, 2.05) is 42.5 Å². The molecule has 0 saturated heterocycles. The normalized spacial score (nSPS) is 11.7. The van der Waals surface area contributed by atoms with E-state index < -0.39 is 0 Å². The van der Waals surface area contributed by atoms with Gasteiger partial charge in [0.15, 0.2) is 0 Å². The molecule has 6 rings (SSSR count). The molecular weight excluding hydrogens is 545 g/mol. The van der Waals surface area contributed by atoms with Crippen molar-refractivity contribution in [3.8, 4) is 31.9 Å². The molecule has 0 aliphatic rings. The van der Waals surface area contributed by atoms with E-state index in [1.165, 1.54) is 45.3 Å². The smallest absolute Gasteiger partial charge is 0.258 e. The van der Waals surface area contributed by atoms with Crippen LogP contribution in [0.15, 0.2) is 54.6 Å². The van der Waals surface area contributed by atoms with Crippen LogP contribution in [0.1, 0.15) is 17.4 Å². The van der Waals surface area contributed by atoms with Crippen molar-refractivity contribution in [3.63, 3.8) is 0 Å². The minimum absolute atomic E-state index is 0.0313. The monoisotopic (exact) mass is 558 g/mol. The molecule has 0 saturated carbocycles. The lowest BCUT2D eigenvalue weighted by atomic mass is 10.1. The van der Waals surface area contributed by atoms with E-state index in [-0.39, 0.29) is 21.2 Å². The van der Waals surface area contributed by atoms with Gasteiger partial charge < -0.3 is 0 Å². The van der Waals surface area contributed by atoms with Gasteiger partial charge >= 0.3 is 0 Å². The summed E-state index contributed by atoms with van der Waals surface area (Å²) in [7, 11) is 0. The van der Waals surface area contributed by atoms with E-state index in [4.69, 9.17) is 6.42 Å². The Balaban J connectivity index is 1.50. The van der Waals surface area contributed by atoms with Crippen molar-refractivity contribution in [2.24, 2.45) is 0 Å². The fourth-order valence-corrected chi connectivity index (χ4v) is 9.02. The van der Waals surface area contributed by atoms with Gasteiger partial charge in [0.2, 0.25) is 0 Å². The van der Waals surface area contributed by atoms with Crippen LogP contribution in [0.3, 0.4) is 0 Å². The van der Waals surface area contributed by atoms with Gasteiger partial charge in [-0.15, -0.1) is 51.8 Å². The predicted molar refractivity (Wildman–Crippen MR) is 157 cm³/mol. The summed E-state index contributed by atoms with van der Waals surface area (Å²) >= 11 is 5.67. The average molecular weight is 559 g/mol. The number of rotatable bonds is 5. The maximum atomic E-state index is 12.0. The molecule has 2 aromatic carbocycles. The number of fused-ring (bicyclic) bond motifs is 3. The molecule has 0 fully saturated rings. The SMILES string of the molecule is C#Cc1sc(-c2cc3cc4sc(-c5sc6ccccc6c5[N+](=O)[O-])cc4cc3s2)c([N+](=O)[O-])c1/C=C\C. The Labute approximate surface area is 226 Å². The molecule has 6 aromatic rings. The molecule has 0 aliphatic heterocycles. The van der Waals surface area contributed by atoms with Gasteiger partial charge in [0, 0.05) is 14.1 Å². The van der Waals surface area contributed by atoms with Gasteiger partial charge in [-0.1, -0.05) is 30.2 Å². The van der Waals surface area contributed by atoms with Crippen LogP contribution in [-0.4, -0.2) is 9.85 Å². The summed E-state index contributed by atoms with van der Waals surface area (Å²) in [5.41, 5.74) is 0.634. The first-order chi connectivity index (χ1) is 17.9. The fourth-order valence-electron chi connectivity index (χ4n) is 4.39. The van der Waals surface area contributed by atoms with Crippen molar-refractivity contribution in [1.82, 2.24) is 0 Å². The van der Waals surface area contributed by atoms with E-state index in [0.717, 1.165) is 34.6 Å². The first-order valence-electron chi connectivity index (χ1n) is 10.9. The van der Waals surface area contributed by atoms with Crippen LogP contribution in [0.25, 0.3) is 55.8 Å². The Hall–Kier alpha value is -3.88. The van der Waals surface area contributed by atoms with Gasteiger partial charge in [0.25, 0.3) is 11.4 Å². The molecule has 0 bridgehead atoms. The summed E-state index contributed by atoms with van der Waals surface area (Å²) in [6, 6.07) is 15.4. The molecular formula is C27H14N2O4S4. The Kier molecular flexibility index (Phi) is 5.66. The Bertz CT molecular complexity index is 1930. The van der Waals surface area contributed by atoms with Crippen LogP contribution in [-0.2, 0) is 0 Å². The molecule has 0 unspecified atom stereocenters. The maximum Gasteiger partial charge on any atom is 0.297 e. The number of nitro groups is 2. The van der Waals surface area contributed by atoms with Crippen LogP contribution in [0.4, 0.5) is 11.4 Å². The standard InChI is InChI=1S/C27H14N2O4S4/c1-3-7-16-18(4-2)36-26(24(16)28(30)31)22-12-14-10-21-15(11-20(14)34-22)13-23(35-21)27-25(29(32)33)17-8-5-6-9-19(17)37-27/h2-3,5-13H,1H3/b7-3-. The van der Waals surface area contributed by atoms with E-state index in [0.29, 0.717) is 25.6 Å². The van der Waals surface area contributed by atoms with Crippen LogP contribution in [0.5, 0.6) is 0 Å². The van der Waals surface area contributed by atoms with Crippen molar-refractivity contribution in [2.75, 3.05) is 0 Å². The van der Waals surface area contributed by atoms with Gasteiger partial charge in [-0.25, -0.2) is 0 Å². The van der Waals surface area contributed by atoms with Gasteiger partial charge in [0.05, 0.1) is 35.4 Å². The molecule has 0 spiro atoms. The predicted octanol–water partition coefficient (Wildman–Crippen LogP) is 9.56. The third-order valence-electron chi connectivity index (χ3n) is 5.92. The maximum absolute atomic E-state index is 12.0. The lowest BCUT2D eigenvalue weighted by molar-refractivity contribution is -0.384. The molecule has 0 aliphatic carbocycles. The zero-order valence-corrected chi connectivity index (χ0v) is 22.3. The second kappa shape index (κ2) is 8.90. The highest BCUT2D eigenvalue weighted by Gasteiger charge is 2.28. The summed E-state index contributed by atoms with van der Waals surface area (Å²) in [6.45, 7) is 1.80. The van der Waals surface area contributed by atoms with E-state index >= 15 is 0 Å². The van der Waals surface area contributed by atoms with Gasteiger partial charge in [-0.05, 0) is 54.1 Å². The molecule has 0 amide bonds. The van der Waals surface area contributed by atoms with E-state index in [2.05, 4.69) is 5.92 Å². The summed E-state index contributed by atoms with van der Waals surface area (Å²) in [5, 5.41) is 26.5. The second-order valence-electron chi connectivity index (χ2n) is 8.11. The van der Waals surface area contributed by atoms with Crippen LogP contribution in [0.2, 0.25) is 0 Å². The zero-order valence-electron chi connectivity index (χ0n) is 19.0. The van der Waals surface area contributed by atoms with Crippen LogP contribution >= 0.6 is 45.3 Å². The largest absolute Gasteiger partial charge is 0.297 e. The van der Waals surface area contributed by atoms with Crippen molar-refractivity contribution >= 4 is 93.1 Å². The minimum atomic E-state index is -0.366. The van der Waals surface area contributed by atoms with Crippen molar-refractivity contribution in [2.45, 2.75) is 6.92 Å². The third-order valence-corrected chi connectivity index (χ3v) is 10.8. The fraction of sp³-hybridized carbons (Fsp3) is 0.0370. The quantitative estimate of drug-likeness (QED) is 0.120. The molecule has 0 radical (unpaired) electrons. The third kappa shape index (κ3) is 3.75. The first kappa shape index (κ1) is 23.5. The van der Waals surface area contributed by atoms with Crippen molar-refractivity contribution < 1.29 is 9.85 Å². The van der Waals surface area contributed by atoms with Gasteiger partial charge in [-0.2, -0.15) is 0 Å². The van der Waals surface area contributed by atoms with Crippen LogP contribution in [0, 0.1) is 32.6 Å². The highest BCUT2D eigenvalue weighted by atomic mass is 32.1. The van der Waals surface area contributed by atoms with E-state index in [9.17, 15) is 20.2 Å². The number of thiophene rings is 4. The van der Waals surface area contributed by atoms with Gasteiger partial charge in [0.1, 0.15) is 9.75 Å². The average Bonchev–Trinajstić information content (AvgIpc) is 3.63. The minimum Gasteiger partial charge on any atom is -0.258 e. The Morgan fingerprint density at radius 1 is 0.811 bits per heavy atom. The number of nitrogens with zero attached hydrogens (tertiary/aromatic N) is 2. The summed E-state index contributed by atoms with van der Waals surface area (Å²) in [5.74, 6) is 2.59. The zero-order chi connectivity index (χ0) is 25.8. The summed E-state index contributed by atoms with van der Waals surface area (Å²) < 4.78 is 2.86. The van der Waals surface area contributed by atoms with Crippen molar-refractivity contribution in [3.05, 3.63) is 85.3 Å². The lowest BCUT2D eigenvalue weighted by Crippen LogP contribution is -1.90. The lowest BCUT2D eigenvalue weighted by Gasteiger charge is -1.94.